The van der Waals surface area contributed by atoms with Gasteiger partial charge in [0.15, 0.2) is 0 Å². The molecule has 40 heavy (non-hydrogen) atoms. The van der Waals surface area contributed by atoms with Crippen LogP contribution in [0, 0.1) is 0 Å². The maximum atomic E-state index is 13.6. The molecular weight excluding hydrogens is 549 g/mol. The Morgan fingerprint density at radius 2 is 1.80 bits per heavy atom. The number of piperidine rings is 2. The zero-order chi connectivity index (χ0) is 28.9. The van der Waals surface area contributed by atoms with Gasteiger partial charge in [0.1, 0.15) is 5.54 Å². The summed E-state index contributed by atoms with van der Waals surface area (Å²) in [5.74, 6) is -0.369. The van der Waals surface area contributed by atoms with Crippen molar-refractivity contribution in [2.45, 2.75) is 70.4 Å². The molecule has 2 amide bonds. The molecule has 7 nitrogen and oxygen atoms in total. The smallest absolute Gasteiger partial charge is 0.332 e. The van der Waals surface area contributed by atoms with Gasteiger partial charge in [-0.1, -0.05) is 42.6 Å². The summed E-state index contributed by atoms with van der Waals surface area (Å²) in [5, 5.41) is 0.877. The quantitative estimate of drug-likeness (QED) is 0.312. The van der Waals surface area contributed by atoms with Crippen molar-refractivity contribution in [3.05, 3.63) is 63.6 Å². The molecule has 0 bridgehead atoms. The number of carbonyl (C=O) groups is 3. The van der Waals surface area contributed by atoms with Gasteiger partial charge in [0.2, 0.25) is 5.91 Å². The summed E-state index contributed by atoms with van der Waals surface area (Å²) in [6.45, 7) is 5.90. The second-order valence-corrected chi connectivity index (χ2v) is 11.5. The van der Waals surface area contributed by atoms with Crippen LogP contribution in [0.3, 0.4) is 0 Å². The third-order valence-electron chi connectivity index (χ3n) is 8.14. The Bertz CT molecular complexity index is 1220. The van der Waals surface area contributed by atoms with Crippen molar-refractivity contribution < 1.29 is 19.1 Å². The van der Waals surface area contributed by atoms with E-state index < -0.39 is 5.54 Å². The molecule has 4 rings (SSSR count). The van der Waals surface area contributed by atoms with E-state index in [-0.39, 0.29) is 30.4 Å². The number of esters is 1. The molecule has 2 aromatic rings. The minimum Gasteiger partial charge on any atom is -0.464 e. The molecule has 0 radical (unpaired) electrons. The molecule has 0 aromatic heterocycles. The Labute approximate surface area is 247 Å². The number of rotatable bonds is 9. The zero-order valence-corrected chi connectivity index (χ0v) is 25.1. The molecule has 9 heteroatoms. The van der Waals surface area contributed by atoms with Gasteiger partial charge in [-0.25, -0.2) is 4.79 Å². The van der Waals surface area contributed by atoms with Gasteiger partial charge in [-0.2, -0.15) is 0 Å². The Morgan fingerprint density at radius 3 is 2.45 bits per heavy atom. The monoisotopic (exact) mass is 587 g/mol. The Morgan fingerprint density at radius 1 is 1.05 bits per heavy atom. The second-order valence-electron chi connectivity index (χ2n) is 10.7. The van der Waals surface area contributed by atoms with Gasteiger partial charge >= 0.3 is 5.97 Å². The highest BCUT2D eigenvalue weighted by atomic mass is 35.5. The number of halogens is 2. The average molecular weight is 589 g/mol. The molecule has 2 aromatic carbocycles. The van der Waals surface area contributed by atoms with Gasteiger partial charge in [-0.05, 0) is 74.6 Å². The van der Waals surface area contributed by atoms with Crippen LogP contribution >= 0.6 is 23.2 Å². The van der Waals surface area contributed by atoms with Crippen molar-refractivity contribution in [2.75, 3.05) is 38.2 Å². The number of nitrogens with zero attached hydrogens (tertiary/aromatic N) is 3. The zero-order valence-electron chi connectivity index (χ0n) is 23.6. The number of ether oxygens (including phenoxy) is 1. The summed E-state index contributed by atoms with van der Waals surface area (Å²) >= 11 is 12.7. The molecule has 216 valence electrons. The minimum atomic E-state index is -1.07. The Kier molecular flexibility index (Phi) is 10.0. The minimum absolute atomic E-state index is 0.00398. The van der Waals surface area contributed by atoms with Crippen LogP contribution in [0.5, 0.6) is 0 Å². The Balaban J connectivity index is 1.71. The van der Waals surface area contributed by atoms with Crippen molar-refractivity contribution in [2.24, 2.45) is 0 Å². The number of hydrogen-bond donors (Lipinski definition) is 0. The molecular formula is C31H39Cl2N3O4. The molecule has 2 saturated heterocycles. The van der Waals surface area contributed by atoms with Gasteiger partial charge in [-0.15, -0.1) is 0 Å². The fourth-order valence-corrected chi connectivity index (χ4v) is 6.20. The highest BCUT2D eigenvalue weighted by molar-refractivity contribution is 6.42. The number of carbonyl (C=O) groups excluding carboxylic acids is 3. The molecule has 2 fully saturated rings. The summed E-state index contributed by atoms with van der Waals surface area (Å²) in [7, 11) is 1.83. The molecule has 0 N–H and O–H groups in total. The van der Waals surface area contributed by atoms with Crippen LogP contribution < -0.4 is 4.90 Å². The summed E-state index contributed by atoms with van der Waals surface area (Å²) in [4.78, 5) is 45.5. The average Bonchev–Trinajstić information content (AvgIpc) is 2.97. The van der Waals surface area contributed by atoms with Gasteiger partial charge in [-0.3, -0.25) is 9.59 Å². The largest absolute Gasteiger partial charge is 0.464 e. The first-order chi connectivity index (χ1) is 19.2. The molecule has 0 spiro atoms. The number of amides is 2. The molecule has 2 aliphatic heterocycles. The number of likely N-dealkylation sites (tertiary alicyclic amines) is 1. The van der Waals surface area contributed by atoms with Gasteiger partial charge in [0.25, 0.3) is 5.91 Å². The van der Waals surface area contributed by atoms with Crippen molar-refractivity contribution in [1.82, 2.24) is 9.80 Å². The lowest BCUT2D eigenvalue weighted by atomic mass is 9.78. The van der Waals surface area contributed by atoms with E-state index in [0.717, 1.165) is 36.9 Å². The Hall–Kier alpha value is -2.77. The van der Waals surface area contributed by atoms with Gasteiger partial charge in [0, 0.05) is 50.8 Å². The topological polar surface area (TPSA) is 70.2 Å². The van der Waals surface area contributed by atoms with Crippen molar-refractivity contribution in [3.63, 3.8) is 0 Å². The maximum Gasteiger partial charge on any atom is 0.332 e. The second kappa shape index (κ2) is 13.3. The standard InChI is InChI=1S/C31H39Cl2N3O4/c1-4-6-17-34(3)29(38)22-10-13-24(14-11-22)35-19-16-31(30(39)40-5-2,36-18-8-7-9-28(36)37)21-27(35)23-12-15-25(32)26(33)20-23/h10-15,20,27H,4-9,16-19,21H2,1-3H3. The van der Waals surface area contributed by atoms with Crippen LogP contribution in [0.2, 0.25) is 10.0 Å². The number of unbranched alkanes of at least 4 members (excludes halogenated alkanes) is 1. The summed E-state index contributed by atoms with van der Waals surface area (Å²) in [5.41, 5.74) is 1.38. The van der Waals surface area contributed by atoms with Crippen LogP contribution in [-0.2, 0) is 14.3 Å². The van der Waals surface area contributed by atoms with E-state index in [1.54, 1.807) is 22.8 Å². The van der Waals surface area contributed by atoms with E-state index in [0.29, 0.717) is 54.5 Å². The van der Waals surface area contributed by atoms with Crippen LogP contribution in [0.25, 0.3) is 0 Å². The van der Waals surface area contributed by atoms with Crippen LogP contribution in [0.1, 0.15) is 80.8 Å². The van der Waals surface area contributed by atoms with E-state index in [1.807, 2.05) is 43.4 Å². The normalized spacial score (nSPS) is 21.3. The maximum absolute atomic E-state index is 13.6. The van der Waals surface area contributed by atoms with Crippen LogP contribution in [-0.4, -0.2) is 66.4 Å². The van der Waals surface area contributed by atoms with E-state index in [9.17, 15) is 14.4 Å². The highest BCUT2D eigenvalue weighted by Crippen LogP contribution is 2.45. The van der Waals surface area contributed by atoms with Crippen molar-refractivity contribution >= 4 is 46.7 Å². The first-order valence-electron chi connectivity index (χ1n) is 14.3. The first-order valence-corrected chi connectivity index (χ1v) is 15.0. The van der Waals surface area contributed by atoms with Gasteiger partial charge < -0.3 is 19.4 Å². The fourth-order valence-electron chi connectivity index (χ4n) is 5.90. The van der Waals surface area contributed by atoms with E-state index in [2.05, 4.69) is 11.8 Å². The first kappa shape index (κ1) is 30.2. The summed E-state index contributed by atoms with van der Waals surface area (Å²) < 4.78 is 5.61. The summed E-state index contributed by atoms with van der Waals surface area (Å²) in [6, 6.07) is 12.9. The molecule has 2 aliphatic rings. The van der Waals surface area contributed by atoms with Crippen LogP contribution in [0.15, 0.2) is 42.5 Å². The van der Waals surface area contributed by atoms with E-state index in [1.165, 1.54) is 0 Å². The van der Waals surface area contributed by atoms with Gasteiger partial charge in [0.05, 0.1) is 22.7 Å². The third kappa shape index (κ3) is 6.26. The van der Waals surface area contributed by atoms with Crippen molar-refractivity contribution in [3.8, 4) is 0 Å². The third-order valence-corrected chi connectivity index (χ3v) is 8.88. The molecule has 2 atom stereocenters. The lowest BCUT2D eigenvalue weighted by Gasteiger charge is -2.51. The SMILES string of the molecule is CCCCN(C)C(=O)c1ccc(N2CCC(C(=O)OCC)(N3CCCCC3=O)CC2c2ccc(Cl)c(Cl)c2)cc1. The highest BCUT2D eigenvalue weighted by Gasteiger charge is 2.53. The number of anilines is 1. The molecule has 0 saturated carbocycles. The lowest BCUT2D eigenvalue weighted by molar-refractivity contribution is -0.168. The molecule has 2 unspecified atom stereocenters. The molecule has 0 aliphatic carbocycles. The number of hydrogen-bond acceptors (Lipinski definition) is 5. The van der Waals surface area contributed by atoms with E-state index >= 15 is 0 Å². The summed E-state index contributed by atoms with van der Waals surface area (Å²) in [6.07, 6.45) is 4.90. The van der Waals surface area contributed by atoms with E-state index in [4.69, 9.17) is 27.9 Å². The predicted octanol–water partition coefficient (Wildman–Crippen LogP) is 6.52. The molecule has 2 heterocycles. The lowest BCUT2D eigenvalue weighted by Crippen LogP contribution is -2.64. The fraction of sp³-hybridized carbons (Fsp3) is 0.516. The predicted molar refractivity (Wildman–Crippen MR) is 159 cm³/mol. The number of benzene rings is 2. The van der Waals surface area contributed by atoms with Crippen molar-refractivity contribution in [1.29, 1.82) is 0 Å². The van der Waals surface area contributed by atoms with Crippen LogP contribution in [0.4, 0.5) is 5.69 Å².